The number of carbonyl (C=O) groups excluding carboxylic acids is 2. The predicted molar refractivity (Wildman–Crippen MR) is 90.4 cm³/mol. The lowest BCUT2D eigenvalue weighted by molar-refractivity contribution is -0.145. The Balaban J connectivity index is 2.48. The Morgan fingerprint density at radius 1 is 1.00 bits per heavy atom. The first-order valence-corrected chi connectivity index (χ1v) is 11.5. The molecule has 0 aliphatic heterocycles. The van der Waals surface area contributed by atoms with Gasteiger partial charge in [0.05, 0.1) is 15.2 Å². The van der Waals surface area contributed by atoms with Gasteiger partial charge in [0.25, 0.3) is 0 Å². The molecule has 0 unspecified atom stereocenters. The van der Waals surface area contributed by atoms with E-state index in [0.717, 1.165) is 37.8 Å². The van der Waals surface area contributed by atoms with Crippen molar-refractivity contribution in [1.82, 2.24) is 0 Å². The molecule has 0 spiro atoms. The molecule has 1 fully saturated rings. The highest BCUT2D eigenvalue weighted by Gasteiger charge is 2.42. The van der Waals surface area contributed by atoms with Crippen molar-refractivity contribution in [3.8, 4) is 0 Å². The number of carbonyl (C=O) groups is 2. The molecule has 1 aliphatic carbocycles. The van der Waals surface area contributed by atoms with Crippen LogP contribution in [-0.2, 0) is 19.1 Å². The lowest BCUT2D eigenvalue weighted by atomic mass is 9.80. The van der Waals surface area contributed by atoms with E-state index in [2.05, 4.69) is 38.2 Å². The largest absolute Gasteiger partial charge is 0.466 e. The van der Waals surface area contributed by atoms with E-state index in [1.807, 2.05) is 0 Å². The SMILES string of the molecule is COC(=O)/C=C/C(=O)OC1CCC(C(C)(C)[Si](C)(C)C)CC1. The van der Waals surface area contributed by atoms with Gasteiger partial charge in [-0.05, 0) is 36.6 Å². The maximum atomic E-state index is 11.7. The molecular weight excluding hydrogens is 296 g/mol. The monoisotopic (exact) mass is 326 g/mol. The van der Waals surface area contributed by atoms with Crippen molar-refractivity contribution in [2.75, 3.05) is 7.11 Å². The zero-order chi connectivity index (χ0) is 17.0. The van der Waals surface area contributed by atoms with Crippen LogP contribution in [0.4, 0.5) is 0 Å². The standard InChI is InChI=1S/C17H30O4Si/c1-17(2,22(4,5)6)13-7-9-14(10-8-13)21-16(19)12-11-15(18)20-3/h11-14H,7-10H2,1-6H3/b12-11+. The van der Waals surface area contributed by atoms with Gasteiger partial charge in [-0.15, -0.1) is 0 Å². The van der Waals surface area contributed by atoms with Gasteiger partial charge in [0, 0.05) is 12.2 Å². The van der Waals surface area contributed by atoms with E-state index < -0.39 is 20.0 Å². The smallest absolute Gasteiger partial charge is 0.331 e. The molecule has 0 heterocycles. The van der Waals surface area contributed by atoms with Gasteiger partial charge in [0.15, 0.2) is 0 Å². The van der Waals surface area contributed by atoms with Gasteiger partial charge < -0.3 is 9.47 Å². The van der Waals surface area contributed by atoms with Crippen LogP contribution >= 0.6 is 0 Å². The fourth-order valence-electron chi connectivity index (χ4n) is 2.92. The number of hydrogen-bond donors (Lipinski definition) is 0. The number of rotatable bonds is 5. The topological polar surface area (TPSA) is 52.6 Å². The molecular formula is C17H30O4Si. The van der Waals surface area contributed by atoms with E-state index in [9.17, 15) is 9.59 Å². The Morgan fingerprint density at radius 3 is 1.95 bits per heavy atom. The zero-order valence-electron chi connectivity index (χ0n) is 14.8. The molecule has 0 aromatic rings. The van der Waals surface area contributed by atoms with E-state index in [-0.39, 0.29) is 6.10 Å². The minimum atomic E-state index is -1.23. The molecule has 5 heteroatoms. The summed E-state index contributed by atoms with van der Waals surface area (Å²) in [5.41, 5.74) is 0. The summed E-state index contributed by atoms with van der Waals surface area (Å²) in [7, 11) is 0.0512. The van der Waals surface area contributed by atoms with Gasteiger partial charge in [-0.3, -0.25) is 0 Å². The highest BCUT2D eigenvalue weighted by atomic mass is 28.3. The minimum absolute atomic E-state index is 0.0246. The maximum absolute atomic E-state index is 11.7. The number of methoxy groups -OCH3 is 1. The molecule has 0 atom stereocenters. The molecule has 0 aromatic carbocycles. The summed E-state index contributed by atoms with van der Waals surface area (Å²) < 4.78 is 9.85. The molecule has 1 rings (SSSR count). The Morgan fingerprint density at radius 2 is 1.50 bits per heavy atom. The second kappa shape index (κ2) is 7.44. The summed E-state index contributed by atoms with van der Waals surface area (Å²) in [5, 5.41) is 0.396. The first-order chi connectivity index (χ1) is 10.1. The fourth-order valence-corrected chi connectivity index (χ4v) is 4.44. The minimum Gasteiger partial charge on any atom is -0.466 e. The van der Waals surface area contributed by atoms with E-state index in [1.54, 1.807) is 0 Å². The van der Waals surface area contributed by atoms with Gasteiger partial charge in [0.1, 0.15) is 6.10 Å². The summed E-state index contributed by atoms with van der Waals surface area (Å²) in [6.07, 6.45) is 6.26. The van der Waals surface area contributed by atoms with Gasteiger partial charge in [-0.2, -0.15) is 0 Å². The van der Waals surface area contributed by atoms with E-state index in [4.69, 9.17) is 4.74 Å². The first-order valence-electron chi connectivity index (χ1n) is 8.04. The first kappa shape index (κ1) is 18.9. The summed E-state index contributed by atoms with van der Waals surface area (Å²) in [6, 6.07) is 0. The molecule has 0 aromatic heterocycles. The van der Waals surface area contributed by atoms with E-state index in [1.165, 1.54) is 7.11 Å². The average molecular weight is 327 g/mol. The van der Waals surface area contributed by atoms with Crippen LogP contribution in [0.5, 0.6) is 0 Å². The molecule has 0 N–H and O–H groups in total. The summed E-state index contributed by atoms with van der Waals surface area (Å²) in [4.78, 5) is 22.6. The highest BCUT2D eigenvalue weighted by Crippen LogP contribution is 2.50. The molecule has 1 saturated carbocycles. The Bertz CT molecular complexity index is 426. The van der Waals surface area contributed by atoms with E-state index >= 15 is 0 Å². The van der Waals surface area contributed by atoms with Crippen molar-refractivity contribution in [2.45, 2.75) is 70.3 Å². The van der Waals surface area contributed by atoms with Gasteiger partial charge in [0.2, 0.25) is 0 Å². The Kier molecular flexibility index (Phi) is 6.41. The van der Waals surface area contributed by atoms with Crippen LogP contribution in [0.2, 0.25) is 24.7 Å². The molecule has 1 aliphatic rings. The normalized spacial score (nSPS) is 23.4. The van der Waals surface area contributed by atoms with Crippen molar-refractivity contribution in [3.05, 3.63) is 12.2 Å². The van der Waals surface area contributed by atoms with Crippen LogP contribution in [0.3, 0.4) is 0 Å². The molecule has 126 valence electrons. The third-order valence-electron chi connectivity index (χ3n) is 5.47. The average Bonchev–Trinajstić information content (AvgIpc) is 2.44. The molecule has 22 heavy (non-hydrogen) atoms. The van der Waals surface area contributed by atoms with Crippen LogP contribution in [-0.4, -0.2) is 33.2 Å². The third-order valence-corrected chi connectivity index (χ3v) is 9.74. The maximum Gasteiger partial charge on any atom is 0.331 e. The van der Waals surface area contributed by atoms with Crippen molar-refractivity contribution in [1.29, 1.82) is 0 Å². The number of hydrogen-bond acceptors (Lipinski definition) is 4. The summed E-state index contributed by atoms with van der Waals surface area (Å²) in [5.74, 6) is -0.296. The lowest BCUT2D eigenvalue weighted by Gasteiger charge is -2.46. The second-order valence-electron chi connectivity index (χ2n) is 7.74. The van der Waals surface area contributed by atoms with Crippen LogP contribution in [0.25, 0.3) is 0 Å². The summed E-state index contributed by atoms with van der Waals surface area (Å²) in [6.45, 7) is 12.1. The van der Waals surface area contributed by atoms with Crippen molar-refractivity contribution < 1.29 is 19.1 Å². The molecule has 0 radical (unpaired) electrons. The van der Waals surface area contributed by atoms with Crippen LogP contribution in [0.15, 0.2) is 12.2 Å². The number of esters is 2. The van der Waals surface area contributed by atoms with Gasteiger partial charge in [-0.1, -0.05) is 33.5 Å². The highest BCUT2D eigenvalue weighted by molar-refractivity contribution is 6.79. The fraction of sp³-hybridized carbons (Fsp3) is 0.765. The van der Waals surface area contributed by atoms with Crippen LogP contribution in [0.1, 0.15) is 39.5 Å². The predicted octanol–water partition coefficient (Wildman–Crippen LogP) is 3.94. The van der Waals surface area contributed by atoms with Gasteiger partial charge in [-0.25, -0.2) is 9.59 Å². The third kappa shape index (κ3) is 4.97. The van der Waals surface area contributed by atoms with Crippen LogP contribution in [0, 0.1) is 5.92 Å². The Hall–Kier alpha value is -1.10. The number of ether oxygens (including phenoxy) is 2. The Labute approximate surface area is 135 Å². The molecule has 0 amide bonds. The van der Waals surface area contributed by atoms with E-state index in [0.29, 0.717) is 11.0 Å². The van der Waals surface area contributed by atoms with Gasteiger partial charge >= 0.3 is 11.9 Å². The second-order valence-corrected chi connectivity index (χ2v) is 13.5. The van der Waals surface area contributed by atoms with Crippen LogP contribution < -0.4 is 0 Å². The van der Waals surface area contributed by atoms with Crippen molar-refractivity contribution >= 4 is 20.0 Å². The molecule has 0 bridgehead atoms. The quantitative estimate of drug-likeness (QED) is 0.436. The zero-order valence-corrected chi connectivity index (χ0v) is 15.8. The van der Waals surface area contributed by atoms with Crippen molar-refractivity contribution in [3.63, 3.8) is 0 Å². The van der Waals surface area contributed by atoms with Crippen molar-refractivity contribution in [2.24, 2.45) is 5.92 Å². The molecule has 4 nitrogen and oxygen atoms in total. The molecule has 0 saturated heterocycles. The lowest BCUT2D eigenvalue weighted by Crippen LogP contribution is -2.42. The summed E-state index contributed by atoms with van der Waals surface area (Å²) >= 11 is 0.